The minimum absolute atomic E-state index is 0.498. The lowest BCUT2D eigenvalue weighted by atomic mass is 9.99. The third-order valence-corrected chi connectivity index (χ3v) is 6.49. The molecule has 2 atom stereocenters. The van der Waals surface area contributed by atoms with Crippen LogP contribution in [-0.4, -0.2) is 54.6 Å². The van der Waals surface area contributed by atoms with Gasteiger partial charge in [0.05, 0.1) is 0 Å². The largest absolute Gasteiger partial charge is 0.355 e. The maximum Gasteiger partial charge on any atom is 0.191 e. The van der Waals surface area contributed by atoms with Crippen LogP contribution in [0.25, 0.3) is 0 Å². The van der Waals surface area contributed by atoms with E-state index in [-0.39, 0.29) is 0 Å². The molecule has 0 aliphatic carbocycles. The molecule has 5 heteroatoms. The highest BCUT2D eigenvalue weighted by atomic mass is 32.2. The highest BCUT2D eigenvalue weighted by Crippen LogP contribution is 2.25. The molecule has 0 bridgehead atoms. The van der Waals surface area contributed by atoms with Gasteiger partial charge < -0.3 is 10.6 Å². The van der Waals surface area contributed by atoms with E-state index in [1.165, 1.54) is 29.7 Å². The molecule has 0 aromatic heterocycles. The molecule has 0 radical (unpaired) electrons. The highest BCUT2D eigenvalue weighted by molar-refractivity contribution is 8.00. The van der Waals surface area contributed by atoms with E-state index in [1.807, 2.05) is 7.05 Å². The Kier molecular flexibility index (Phi) is 6.44. The van der Waals surface area contributed by atoms with Gasteiger partial charge in [-0.05, 0) is 43.1 Å². The summed E-state index contributed by atoms with van der Waals surface area (Å²) in [5.74, 6) is 2.25. The summed E-state index contributed by atoms with van der Waals surface area (Å²) in [7, 11) is 1.86. The zero-order chi connectivity index (χ0) is 16.8. The molecule has 1 aromatic carbocycles. The van der Waals surface area contributed by atoms with Gasteiger partial charge in [-0.2, -0.15) is 11.8 Å². The quantitative estimate of drug-likeness (QED) is 0.635. The fourth-order valence-corrected chi connectivity index (χ4v) is 4.70. The fraction of sp³-hybridized carbons (Fsp3) is 0.632. The van der Waals surface area contributed by atoms with Crippen molar-refractivity contribution in [3.63, 3.8) is 0 Å². The summed E-state index contributed by atoms with van der Waals surface area (Å²) in [6.45, 7) is 6.46. The van der Waals surface area contributed by atoms with E-state index in [4.69, 9.17) is 0 Å². The first kappa shape index (κ1) is 17.6. The Balaban J connectivity index is 1.43. The third kappa shape index (κ3) is 4.67. The van der Waals surface area contributed by atoms with Crippen LogP contribution in [0.5, 0.6) is 0 Å². The molecule has 1 saturated heterocycles. The van der Waals surface area contributed by atoms with Crippen LogP contribution >= 0.6 is 11.8 Å². The van der Waals surface area contributed by atoms with E-state index in [0.29, 0.717) is 6.04 Å². The number of thioether (sulfide) groups is 1. The normalized spacial score (nSPS) is 22.9. The molecule has 0 saturated carbocycles. The van der Waals surface area contributed by atoms with Crippen molar-refractivity contribution < 1.29 is 0 Å². The van der Waals surface area contributed by atoms with Gasteiger partial charge in [0.1, 0.15) is 0 Å². The number of hydrogen-bond acceptors (Lipinski definition) is 3. The van der Waals surface area contributed by atoms with E-state index in [1.54, 1.807) is 0 Å². The lowest BCUT2D eigenvalue weighted by molar-refractivity contribution is 0.191. The monoisotopic (exact) mass is 346 g/mol. The van der Waals surface area contributed by atoms with Gasteiger partial charge in [-0.3, -0.25) is 9.89 Å². The number of aliphatic imine (C=N–C) groups is 1. The van der Waals surface area contributed by atoms with Gasteiger partial charge in [0, 0.05) is 44.5 Å². The van der Waals surface area contributed by atoms with Gasteiger partial charge in [0.2, 0.25) is 0 Å². The topological polar surface area (TPSA) is 39.7 Å². The zero-order valence-electron chi connectivity index (χ0n) is 14.9. The van der Waals surface area contributed by atoms with Crippen molar-refractivity contribution >= 4 is 17.7 Å². The molecule has 4 nitrogen and oxygen atoms in total. The number of fused-ring (bicyclic) bond motifs is 1. The molecule has 3 rings (SSSR count). The number of nitrogens with one attached hydrogen (secondary N) is 2. The maximum atomic E-state index is 4.37. The Morgan fingerprint density at radius 3 is 2.92 bits per heavy atom. The van der Waals surface area contributed by atoms with Crippen LogP contribution in [0.2, 0.25) is 0 Å². The molecular weight excluding hydrogens is 316 g/mol. The van der Waals surface area contributed by atoms with E-state index in [2.05, 4.69) is 63.5 Å². The Morgan fingerprint density at radius 1 is 1.33 bits per heavy atom. The van der Waals surface area contributed by atoms with Gasteiger partial charge in [0.15, 0.2) is 5.96 Å². The summed E-state index contributed by atoms with van der Waals surface area (Å²) in [5, 5.41) is 7.74. The minimum atomic E-state index is 0.498. The number of nitrogens with zero attached hydrogens (tertiary/aromatic N) is 2. The maximum absolute atomic E-state index is 4.37. The predicted octanol–water partition coefficient (Wildman–Crippen LogP) is 2.49. The van der Waals surface area contributed by atoms with Gasteiger partial charge in [0.25, 0.3) is 0 Å². The zero-order valence-corrected chi connectivity index (χ0v) is 15.7. The number of hydrogen-bond donors (Lipinski definition) is 2. The summed E-state index contributed by atoms with van der Waals surface area (Å²) >= 11 is 2.08. The third-order valence-electron chi connectivity index (χ3n) is 5.09. The van der Waals surface area contributed by atoms with Crippen LogP contribution in [-0.2, 0) is 13.0 Å². The van der Waals surface area contributed by atoms with Gasteiger partial charge in [-0.15, -0.1) is 0 Å². The Bertz CT molecular complexity index is 554. The van der Waals surface area contributed by atoms with Crippen molar-refractivity contribution in [3.8, 4) is 0 Å². The van der Waals surface area contributed by atoms with Crippen LogP contribution in [0.15, 0.2) is 29.3 Å². The summed E-state index contributed by atoms with van der Waals surface area (Å²) in [4.78, 5) is 6.93. The average Bonchev–Trinajstić information content (AvgIpc) is 3.14. The van der Waals surface area contributed by atoms with Crippen LogP contribution in [0, 0.1) is 0 Å². The summed E-state index contributed by atoms with van der Waals surface area (Å²) in [5.41, 5.74) is 3.00. The first-order valence-corrected chi connectivity index (χ1v) is 10.2. The van der Waals surface area contributed by atoms with E-state index >= 15 is 0 Å². The van der Waals surface area contributed by atoms with Crippen LogP contribution in [0.1, 0.15) is 30.9 Å². The van der Waals surface area contributed by atoms with Crippen molar-refractivity contribution in [3.05, 3.63) is 35.4 Å². The van der Waals surface area contributed by atoms with Crippen LogP contribution in [0.3, 0.4) is 0 Å². The summed E-state index contributed by atoms with van der Waals surface area (Å²) in [6.07, 6.45) is 3.85. The molecule has 24 heavy (non-hydrogen) atoms. The van der Waals surface area contributed by atoms with E-state index in [0.717, 1.165) is 43.8 Å². The molecule has 132 valence electrons. The molecule has 2 N–H and O–H groups in total. The molecule has 1 fully saturated rings. The minimum Gasteiger partial charge on any atom is -0.355 e. The molecule has 2 aliphatic heterocycles. The summed E-state index contributed by atoms with van der Waals surface area (Å²) < 4.78 is 0. The smallest absolute Gasteiger partial charge is 0.191 e. The highest BCUT2D eigenvalue weighted by Gasteiger charge is 2.20. The van der Waals surface area contributed by atoms with Crippen molar-refractivity contribution in [1.82, 2.24) is 15.5 Å². The lowest BCUT2D eigenvalue weighted by Gasteiger charge is -2.34. The van der Waals surface area contributed by atoms with Crippen molar-refractivity contribution in [2.75, 3.05) is 32.4 Å². The van der Waals surface area contributed by atoms with E-state index in [9.17, 15) is 0 Å². The van der Waals surface area contributed by atoms with Crippen molar-refractivity contribution in [2.24, 2.45) is 4.99 Å². The standard InChI is InChI=1S/C19H30N4S/c1-15(23-10-9-16-6-3-4-7-17(16)14-23)12-21-19(20-2)22-13-18-8-5-11-24-18/h3-4,6-7,15,18H,5,8-14H2,1-2H3,(H2,20,21,22). The van der Waals surface area contributed by atoms with Crippen LogP contribution in [0.4, 0.5) is 0 Å². The predicted molar refractivity (Wildman–Crippen MR) is 105 cm³/mol. The molecule has 1 aromatic rings. The average molecular weight is 347 g/mol. The summed E-state index contributed by atoms with van der Waals surface area (Å²) in [6, 6.07) is 9.33. The van der Waals surface area contributed by atoms with Gasteiger partial charge >= 0.3 is 0 Å². The van der Waals surface area contributed by atoms with Gasteiger partial charge in [-0.1, -0.05) is 24.3 Å². The molecule has 0 spiro atoms. The molecular formula is C19H30N4S. The number of benzene rings is 1. The Hall–Kier alpha value is -1.20. The Morgan fingerprint density at radius 2 is 2.17 bits per heavy atom. The fourth-order valence-electron chi connectivity index (χ4n) is 3.50. The second-order valence-electron chi connectivity index (χ2n) is 6.81. The van der Waals surface area contributed by atoms with E-state index < -0.39 is 0 Å². The first-order chi connectivity index (χ1) is 11.8. The second-order valence-corrected chi connectivity index (χ2v) is 8.22. The second kappa shape index (κ2) is 8.77. The Labute approximate surface area is 150 Å². The van der Waals surface area contributed by atoms with Gasteiger partial charge in [-0.25, -0.2) is 0 Å². The number of rotatable bonds is 5. The molecule has 0 amide bonds. The lowest BCUT2D eigenvalue weighted by Crippen LogP contribution is -2.48. The number of guanidine groups is 1. The first-order valence-electron chi connectivity index (χ1n) is 9.13. The molecule has 2 aliphatic rings. The van der Waals surface area contributed by atoms with Crippen molar-refractivity contribution in [2.45, 2.75) is 44.0 Å². The van der Waals surface area contributed by atoms with Crippen molar-refractivity contribution in [1.29, 1.82) is 0 Å². The SMILES string of the molecule is CN=C(NCC1CCCS1)NCC(C)N1CCc2ccccc2C1. The van der Waals surface area contributed by atoms with Crippen LogP contribution < -0.4 is 10.6 Å². The molecule has 2 heterocycles. The molecule has 2 unspecified atom stereocenters.